The molecule has 6 heteroatoms. The smallest absolute Gasteiger partial charge is 0.337 e. The van der Waals surface area contributed by atoms with Gasteiger partial charge in [-0.1, -0.05) is 35.9 Å². The number of amides is 1. The summed E-state index contributed by atoms with van der Waals surface area (Å²) in [6, 6.07) is 18.3. The molecule has 0 aliphatic heterocycles. The van der Waals surface area contributed by atoms with Crippen molar-refractivity contribution in [2.24, 2.45) is 0 Å². The summed E-state index contributed by atoms with van der Waals surface area (Å²) < 4.78 is 4.72. The highest BCUT2D eigenvalue weighted by Gasteiger charge is 2.08. The van der Waals surface area contributed by atoms with Gasteiger partial charge in [0, 0.05) is 18.4 Å². The van der Waals surface area contributed by atoms with Crippen LogP contribution in [0.1, 0.15) is 31.8 Å². The topological polar surface area (TPSA) is 80.3 Å². The van der Waals surface area contributed by atoms with E-state index in [0.29, 0.717) is 29.2 Å². The molecule has 6 nitrogen and oxygen atoms in total. The third-order valence-corrected chi connectivity index (χ3v) is 4.16. The van der Waals surface area contributed by atoms with Crippen LogP contribution in [-0.2, 0) is 11.3 Å². The van der Waals surface area contributed by atoms with Gasteiger partial charge in [-0.05, 0) is 42.8 Å². The molecule has 0 saturated carbocycles. The molecule has 1 heterocycles. The third kappa shape index (κ3) is 4.94. The number of anilines is 2. The van der Waals surface area contributed by atoms with Gasteiger partial charge >= 0.3 is 5.97 Å². The van der Waals surface area contributed by atoms with Crippen molar-refractivity contribution in [1.82, 2.24) is 10.3 Å². The van der Waals surface area contributed by atoms with Gasteiger partial charge in [-0.25, -0.2) is 9.78 Å². The second kappa shape index (κ2) is 8.81. The molecule has 0 fully saturated rings. The average Bonchev–Trinajstić information content (AvgIpc) is 2.73. The number of ether oxygens (including phenoxy) is 1. The van der Waals surface area contributed by atoms with Crippen molar-refractivity contribution < 1.29 is 14.3 Å². The van der Waals surface area contributed by atoms with Crippen molar-refractivity contribution >= 4 is 23.4 Å². The number of esters is 1. The molecule has 2 N–H and O–H groups in total. The van der Waals surface area contributed by atoms with Crippen LogP contribution in [0.3, 0.4) is 0 Å². The second-order valence-corrected chi connectivity index (χ2v) is 6.30. The Morgan fingerprint density at radius 3 is 2.46 bits per heavy atom. The van der Waals surface area contributed by atoms with E-state index in [1.165, 1.54) is 18.9 Å². The number of aryl methyl sites for hydroxylation is 1. The average molecular weight is 375 g/mol. The molecule has 1 aromatic heterocycles. The minimum atomic E-state index is -0.405. The molecule has 142 valence electrons. The molecule has 3 aromatic rings. The maximum Gasteiger partial charge on any atom is 0.337 e. The number of nitrogens with one attached hydrogen (secondary N) is 2. The second-order valence-electron chi connectivity index (χ2n) is 6.30. The van der Waals surface area contributed by atoms with E-state index >= 15 is 0 Å². The Hall–Kier alpha value is -3.67. The van der Waals surface area contributed by atoms with Crippen molar-refractivity contribution in [2.45, 2.75) is 13.5 Å². The van der Waals surface area contributed by atoms with Crippen LogP contribution in [0, 0.1) is 6.92 Å². The van der Waals surface area contributed by atoms with Gasteiger partial charge in [-0.15, -0.1) is 0 Å². The number of carbonyl (C=O) groups is 2. The first-order valence-corrected chi connectivity index (χ1v) is 8.80. The predicted molar refractivity (Wildman–Crippen MR) is 108 cm³/mol. The summed E-state index contributed by atoms with van der Waals surface area (Å²) in [6.07, 6.45) is 1.51. The summed E-state index contributed by atoms with van der Waals surface area (Å²) in [5, 5.41) is 5.98. The zero-order chi connectivity index (χ0) is 19.9. The number of methoxy groups -OCH3 is 1. The Kier molecular flexibility index (Phi) is 6.01. The van der Waals surface area contributed by atoms with Crippen LogP contribution in [0.15, 0.2) is 66.9 Å². The summed E-state index contributed by atoms with van der Waals surface area (Å²) in [7, 11) is 1.34. The monoisotopic (exact) mass is 375 g/mol. The number of carbonyl (C=O) groups excluding carboxylic acids is 2. The number of rotatable bonds is 6. The quantitative estimate of drug-likeness (QED) is 0.640. The van der Waals surface area contributed by atoms with E-state index in [2.05, 4.69) is 15.6 Å². The van der Waals surface area contributed by atoms with E-state index in [0.717, 1.165) is 5.56 Å². The van der Waals surface area contributed by atoms with Gasteiger partial charge in [0.1, 0.15) is 5.82 Å². The zero-order valence-electron chi connectivity index (χ0n) is 15.7. The van der Waals surface area contributed by atoms with Crippen LogP contribution in [0.25, 0.3) is 0 Å². The summed E-state index contributed by atoms with van der Waals surface area (Å²) in [5.74, 6) is -0.0263. The Morgan fingerprint density at radius 2 is 1.79 bits per heavy atom. The molecule has 0 spiro atoms. The van der Waals surface area contributed by atoms with Gasteiger partial charge in [-0.3, -0.25) is 4.79 Å². The molecular formula is C22H21N3O3. The fourth-order valence-corrected chi connectivity index (χ4v) is 2.58. The van der Waals surface area contributed by atoms with E-state index in [1.807, 2.05) is 37.3 Å². The van der Waals surface area contributed by atoms with Gasteiger partial charge in [-0.2, -0.15) is 0 Å². The highest BCUT2D eigenvalue weighted by Crippen LogP contribution is 2.17. The van der Waals surface area contributed by atoms with Gasteiger partial charge in [0.25, 0.3) is 5.91 Å². The van der Waals surface area contributed by atoms with Crippen LogP contribution < -0.4 is 10.6 Å². The summed E-state index contributed by atoms with van der Waals surface area (Å²) in [4.78, 5) is 28.2. The SMILES string of the molecule is COC(=O)c1cccc(Nc2ccc(C(=O)NCc3ccc(C)cc3)cn2)c1. The van der Waals surface area contributed by atoms with Gasteiger partial charge in [0.2, 0.25) is 0 Å². The van der Waals surface area contributed by atoms with E-state index in [-0.39, 0.29) is 5.91 Å². The lowest BCUT2D eigenvalue weighted by Crippen LogP contribution is -2.22. The predicted octanol–water partition coefficient (Wildman–Crippen LogP) is 3.85. The number of hydrogen-bond acceptors (Lipinski definition) is 5. The number of benzene rings is 2. The molecule has 0 bridgehead atoms. The summed E-state index contributed by atoms with van der Waals surface area (Å²) in [5.41, 5.74) is 3.84. The molecule has 28 heavy (non-hydrogen) atoms. The number of pyridine rings is 1. The number of hydrogen-bond donors (Lipinski definition) is 2. The minimum Gasteiger partial charge on any atom is -0.465 e. The Balaban J connectivity index is 1.60. The molecule has 0 radical (unpaired) electrons. The maximum atomic E-state index is 12.3. The molecular weight excluding hydrogens is 354 g/mol. The zero-order valence-corrected chi connectivity index (χ0v) is 15.7. The lowest BCUT2D eigenvalue weighted by Gasteiger charge is -2.09. The highest BCUT2D eigenvalue weighted by molar-refractivity contribution is 5.94. The van der Waals surface area contributed by atoms with E-state index in [1.54, 1.807) is 30.3 Å². The lowest BCUT2D eigenvalue weighted by molar-refractivity contribution is 0.0600. The maximum absolute atomic E-state index is 12.3. The first-order chi connectivity index (χ1) is 13.5. The van der Waals surface area contributed by atoms with Crippen LogP contribution in [0.2, 0.25) is 0 Å². The van der Waals surface area contributed by atoms with Crippen LogP contribution in [0.5, 0.6) is 0 Å². The van der Waals surface area contributed by atoms with Crippen LogP contribution in [0.4, 0.5) is 11.5 Å². The van der Waals surface area contributed by atoms with Crippen molar-refractivity contribution in [2.75, 3.05) is 12.4 Å². The molecule has 0 aliphatic carbocycles. The standard InChI is InChI=1S/C22H21N3O3/c1-15-6-8-16(9-7-15)13-24-21(26)18-10-11-20(23-14-18)25-19-5-3-4-17(12-19)22(27)28-2/h3-12,14H,13H2,1-2H3,(H,23,25)(H,24,26). The molecule has 0 unspecified atom stereocenters. The van der Waals surface area contributed by atoms with E-state index in [9.17, 15) is 9.59 Å². The van der Waals surface area contributed by atoms with Crippen LogP contribution >= 0.6 is 0 Å². The fraction of sp³-hybridized carbons (Fsp3) is 0.136. The van der Waals surface area contributed by atoms with Crippen molar-refractivity contribution in [3.8, 4) is 0 Å². The number of nitrogens with zero attached hydrogens (tertiary/aromatic N) is 1. The fourth-order valence-electron chi connectivity index (χ4n) is 2.58. The van der Waals surface area contributed by atoms with Crippen molar-refractivity contribution in [3.05, 3.63) is 89.1 Å². The largest absolute Gasteiger partial charge is 0.465 e. The highest BCUT2D eigenvalue weighted by atomic mass is 16.5. The molecule has 0 saturated heterocycles. The molecule has 0 aliphatic rings. The molecule has 0 atom stereocenters. The first-order valence-electron chi connectivity index (χ1n) is 8.80. The van der Waals surface area contributed by atoms with Crippen molar-refractivity contribution in [1.29, 1.82) is 0 Å². The molecule has 3 rings (SSSR count). The van der Waals surface area contributed by atoms with Crippen LogP contribution in [-0.4, -0.2) is 24.0 Å². The molecule has 2 aromatic carbocycles. The first kappa shape index (κ1) is 19.1. The summed E-state index contributed by atoms with van der Waals surface area (Å²) in [6.45, 7) is 2.48. The normalized spacial score (nSPS) is 10.2. The van der Waals surface area contributed by atoms with Gasteiger partial charge < -0.3 is 15.4 Å². The number of aromatic nitrogens is 1. The lowest BCUT2D eigenvalue weighted by atomic mass is 10.1. The Morgan fingerprint density at radius 1 is 1.00 bits per heavy atom. The minimum absolute atomic E-state index is 0.188. The van der Waals surface area contributed by atoms with Gasteiger partial charge in [0.15, 0.2) is 0 Å². The Labute approximate surface area is 163 Å². The van der Waals surface area contributed by atoms with Gasteiger partial charge in [0.05, 0.1) is 18.2 Å². The Bertz CT molecular complexity index is 967. The van der Waals surface area contributed by atoms with E-state index in [4.69, 9.17) is 4.74 Å². The summed E-state index contributed by atoms with van der Waals surface area (Å²) >= 11 is 0. The third-order valence-electron chi connectivity index (χ3n) is 4.16. The van der Waals surface area contributed by atoms with E-state index < -0.39 is 5.97 Å². The molecule has 1 amide bonds. The van der Waals surface area contributed by atoms with Crippen molar-refractivity contribution in [3.63, 3.8) is 0 Å².